The van der Waals surface area contributed by atoms with E-state index in [0.29, 0.717) is 5.82 Å². The Labute approximate surface area is 102 Å². The van der Waals surface area contributed by atoms with Gasteiger partial charge in [0.05, 0.1) is 0 Å². The number of nitrogens with zero attached hydrogens (tertiary/aromatic N) is 2. The van der Waals surface area contributed by atoms with Crippen LogP contribution in [0, 0.1) is 6.92 Å². The molecule has 17 heavy (non-hydrogen) atoms. The highest BCUT2D eigenvalue weighted by Gasteiger charge is 2.20. The van der Waals surface area contributed by atoms with Gasteiger partial charge in [0.1, 0.15) is 5.82 Å². The molecule has 0 amide bonds. The van der Waals surface area contributed by atoms with E-state index >= 15 is 0 Å². The molecule has 1 heterocycles. The molecule has 0 aromatic carbocycles. The van der Waals surface area contributed by atoms with Gasteiger partial charge in [0.2, 0.25) is 0 Å². The Hall–Kier alpha value is -0.920. The molecule has 0 unspecified atom stereocenters. The number of aryl methyl sites for hydroxylation is 2. The topological polar surface area (TPSA) is 90.0 Å². The van der Waals surface area contributed by atoms with Crippen LogP contribution >= 0.6 is 0 Å². The second kappa shape index (κ2) is 5.61. The summed E-state index contributed by atoms with van der Waals surface area (Å²) in [6.45, 7) is 6.56. The molecule has 1 atom stereocenters. The summed E-state index contributed by atoms with van der Waals surface area (Å²) < 4.78 is 28.2. The van der Waals surface area contributed by atoms with E-state index in [9.17, 15) is 8.42 Å². The van der Waals surface area contributed by atoms with Crippen molar-refractivity contribution in [3.63, 3.8) is 0 Å². The van der Waals surface area contributed by atoms with Crippen molar-refractivity contribution < 1.29 is 8.42 Å². The van der Waals surface area contributed by atoms with Crippen LogP contribution in [-0.2, 0) is 16.6 Å². The third kappa shape index (κ3) is 3.52. The third-order valence-corrected chi connectivity index (χ3v) is 3.86. The largest absolute Gasteiger partial charge is 0.334 e. The Morgan fingerprint density at radius 1 is 1.59 bits per heavy atom. The molecule has 1 aromatic heterocycles. The molecule has 1 rings (SSSR count). The number of rotatable bonds is 6. The fraction of sp³-hybridized carbons (Fsp3) is 0.700. The highest BCUT2D eigenvalue weighted by atomic mass is 32.2. The summed E-state index contributed by atoms with van der Waals surface area (Å²) in [5, 5.41) is 0.0590. The molecule has 6 nitrogen and oxygen atoms in total. The molecule has 0 saturated carbocycles. The first-order valence-corrected chi connectivity index (χ1v) is 7.15. The van der Waals surface area contributed by atoms with Gasteiger partial charge in [-0.15, -0.1) is 0 Å². The molecule has 3 N–H and O–H groups in total. The lowest BCUT2D eigenvalue weighted by Crippen LogP contribution is -2.37. The van der Waals surface area contributed by atoms with Gasteiger partial charge in [-0.25, -0.2) is 18.1 Å². The molecule has 0 spiro atoms. The van der Waals surface area contributed by atoms with Crippen molar-refractivity contribution in [3.05, 3.63) is 12.0 Å². The zero-order chi connectivity index (χ0) is 13.1. The predicted molar refractivity (Wildman–Crippen MR) is 66.1 cm³/mol. The van der Waals surface area contributed by atoms with Gasteiger partial charge in [-0.2, -0.15) is 0 Å². The SMILES string of the molecule is CCCn1cc(S(=O)(=O)N[C@H](C)CN)nc1C. The van der Waals surface area contributed by atoms with Gasteiger partial charge in [-0.05, 0) is 20.3 Å². The second-order valence-electron chi connectivity index (χ2n) is 4.08. The van der Waals surface area contributed by atoms with Gasteiger partial charge < -0.3 is 10.3 Å². The van der Waals surface area contributed by atoms with Gasteiger partial charge in [0.25, 0.3) is 10.0 Å². The van der Waals surface area contributed by atoms with Crippen LogP contribution in [0.15, 0.2) is 11.2 Å². The Kier molecular flexibility index (Phi) is 4.67. The molecule has 1 aromatic rings. The van der Waals surface area contributed by atoms with Gasteiger partial charge in [-0.1, -0.05) is 6.92 Å². The average Bonchev–Trinajstić information content (AvgIpc) is 2.61. The lowest BCUT2D eigenvalue weighted by Gasteiger charge is -2.09. The highest BCUT2D eigenvalue weighted by molar-refractivity contribution is 7.89. The van der Waals surface area contributed by atoms with Crippen molar-refractivity contribution in [1.82, 2.24) is 14.3 Å². The van der Waals surface area contributed by atoms with Crippen molar-refractivity contribution >= 4 is 10.0 Å². The number of aromatic nitrogens is 2. The summed E-state index contributed by atoms with van der Waals surface area (Å²) in [6.07, 6.45) is 2.49. The van der Waals surface area contributed by atoms with E-state index in [1.807, 2.05) is 11.5 Å². The van der Waals surface area contributed by atoms with Crippen LogP contribution in [0.4, 0.5) is 0 Å². The van der Waals surface area contributed by atoms with E-state index in [1.165, 1.54) is 0 Å². The zero-order valence-corrected chi connectivity index (χ0v) is 11.3. The summed E-state index contributed by atoms with van der Waals surface area (Å²) >= 11 is 0. The maximum Gasteiger partial charge on any atom is 0.259 e. The van der Waals surface area contributed by atoms with Crippen LogP contribution in [0.1, 0.15) is 26.1 Å². The first-order chi connectivity index (χ1) is 7.90. The minimum Gasteiger partial charge on any atom is -0.334 e. The molecular weight excluding hydrogens is 240 g/mol. The Balaban J connectivity index is 2.95. The molecule has 98 valence electrons. The molecule has 0 bridgehead atoms. The van der Waals surface area contributed by atoms with Crippen LogP contribution in [0.3, 0.4) is 0 Å². The smallest absolute Gasteiger partial charge is 0.259 e. The number of hydrogen-bond donors (Lipinski definition) is 2. The van der Waals surface area contributed by atoms with Gasteiger partial charge in [-0.3, -0.25) is 0 Å². The first-order valence-electron chi connectivity index (χ1n) is 5.67. The minimum absolute atomic E-state index is 0.0590. The number of nitrogens with two attached hydrogens (primary N) is 1. The van der Waals surface area contributed by atoms with Crippen LogP contribution < -0.4 is 10.5 Å². The van der Waals surface area contributed by atoms with Gasteiger partial charge in [0, 0.05) is 25.3 Å². The average molecular weight is 260 g/mol. The van der Waals surface area contributed by atoms with E-state index in [0.717, 1.165) is 13.0 Å². The number of sulfonamides is 1. The molecule has 0 aliphatic rings. The van der Waals surface area contributed by atoms with Gasteiger partial charge in [0.15, 0.2) is 5.03 Å². The summed E-state index contributed by atoms with van der Waals surface area (Å²) in [7, 11) is -3.55. The molecular formula is C10H20N4O2S. The van der Waals surface area contributed by atoms with E-state index in [4.69, 9.17) is 5.73 Å². The maximum absolute atomic E-state index is 11.9. The van der Waals surface area contributed by atoms with Crippen molar-refractivity contribution in [2.45, 2.75) is 44.8 Å². The molecule has 0 fully saturated rings. The van der Waals surface area contributed by atoms with Crippen LogP contribution in [0.25, 0.3) is 0 Å². The van der Waals surface area contributed by atoms with Crippen LogP contribution in [0.5, 0.6) is 0 Å². The van der Waals surface area contributed by atoms with Crippen molar-refractivity contribution in [2.24, 2.45) is 5.73 Å². The Morgan fingerprint density at radius 3 is 2.76 bits per heavy atom. The fourth-order valence-electron chi connectivity index (χ4n) is 1.45. The van der Waals surface area contributed by atoms with Crippen molar-refractivity contribution in [2.75, 3.05) is 6.54 Å². The molecule has 0 aliphatic carbocycles. The molecule has 0 aliphatic heterocycles. The highest BCUT2D eigenvalue weighted by Crippen LogP contribution is 2.10. The lowest BCUT2D eigenvalue weighted by molar-refractivity contribution is 0.559. The van der Waals surface area contributed by atoms with Gasteiger partial charge >= 0.3 is 0 Å². The summed E-state index contributed by atoms with van der Waals surface area (Å²) in [5.74, 6) is 0.702. The van der Waals surface area contributed by atoms with E-state index < -0.39 is 10.0 Å². The normalized spacial score (nSPS) is 13.9. The van der Waals surface area contributed by atoms with E-state index in [1.54, 1.807) is 20.0 Å². The maximum atomic E-state index is 11.9. The fourth-order valence-corrected chi connectivity index (χ4v) is 2.71. The zero-order valence-electron chi connectivity index (χ0n) is 10.5. The monoisotopic (exact) mass is 260 g/mol. The molecule has 0 saturated heterocycles. The second-order valence-corrected chi connectivity index (χ2v) is 5.74. The van der Waals surface area contributed by atoms with Crippen LogP contribution in [-0.4, -0.2) is 30.6 Å². The quantitative estimate of drug-likeness (QED) is 0.766. The summed E-state index contributed by atoms with van der Waals surface area (Å²) in [5.41, 5.74) is 5.39. The molecule has 7 heteroatoms. The Morgan fingerprint density at radius 2 is 2.24 bits per heavy atom. The third-order valence-electron chi connectivity index (χ3n) is 2.40. The summed E-state index contributed by atoms with van der Waals surface area (Å²) in [6, 6.07) is -0.295. The van der Waals surface area contributed by atoms with Crippen molar-refractivity contribution in [1.29, 1.82) is 0 Å². The minimum atomic E-state index is -3.55. The van der Waals surface area contributed by atoms with E-state index in [2.05, 4.69) is 9.71 Å². The Bertz CT molecular complexity index is 467. The standard InChI is InChI=1S/C10H20N4O2S/c1-4-5-14-7-10(12-9(14)3)17(15,16)13-8(2)6-11/h7-8,13H,4-6,11H2,1-3H3/t8-/m1/s1. The lowest BCUT2D eigenvalue weighted by atomic mass is 10.4. The molecule has 0 radical (unpaired) electrons. The van der Waals surface area contributed by atoms with Crippen LogP contribution in [0.2, 0.25) is 0 Å². The van der Waals surface area contributed by atoms with E-state index in [-0.39, 0.29) is 17.6 Å². The number of hydrogen-bond acceptors (Lipinski definition) is 4. The number of imidazole rings is 1. The number of nitrogens with one attached hydrogen (secondary N) is 1. The summed E-state index contributed by atoms with van der Waals surface area (Å²) in [4.78, 5) is 4.06. The first kappa shape index (κ1) is 14.1. The predicted octanol–water partition coefficient (Wildman–Crippen LogP) is 0.227. The van der Waals surface area contributed by atoms with Crippen molar-refractivity contribution in [3.8, 4) is 0 Å².